The lowest BCUT2D eigenvalue weighted by molar-refractivity contribution is -0.141. The molecule has 0 radical (unpaired) electrons. The lowest BCUT2D eigenvalue weighted by Gasteiger charge is -2.27. The van der Waals surface area contributed by atoms with Crippen molar-refractivity contribution in [2.24, 2.45) is 0 Å². The molecular weight excluding hydrogens is 358 g/mol. The first-order chi connectivity index (χ1) is 9.95. The van der Waals surface area contributed by atoms with Gasteiger partial charge in [-0.3, -0.25) is 4.79 Å². The van der Waals surface area contributed by atoms with Crippen LogP contribution < -0.4 is 0 Å². The van der Waals surface area contributed by atoms with Gasteiger partial charge in [0.15, 0.2) is 0 Å². The molecule has 2 N–H and O–H groups in total. The lowest BCUT2D eigenvalue weighted by atomic mass is 10.1. The fourth-order valence-electron chi connectivity index (χ4n) is 2.32. The number of amides is 1. The number of hydrogen-bond donors (Lipinski definition) is 2. The Bertz CT molecular complexity index is 566. The molecule has 0 aliphatic carbocycles. The average molecular weight is 374 g/mol. The summed E-state index contributed by atoms with van der Waals surface area (Å²) in [6.07, 6.45) is 1.59. The molecule has 1 amide bonds. The van der Waals surface area contributed by atoms with Crippen molar-refractivity contribution < 1.29 is 19.8 Å². The van der Waals surface area contributed by atoms with Crippen LogP contribution in [0.5, 0.6) is 5.75 Å². The maximum absolute atomic E-state index is 12.7. The molecule has 2 unspecified atom stereocenters. The summed E-state index contributed by atoms with van der Waals surface area (Å²) in [5.74, 6) is -1.21. The normalized spacial score (nSPS) is 21.5. The third-order valence-corrected chi connectivity index (χ3v) is 5.19. The number of halogens is 1. The van der Waals surface area contributed by atoms with Crippen LogP contribution in [0.2, 0.25) is 0 Å². The molecule has 1 saturated heterocycles. The van der Waals surface area contributed by atoms with Crippen LogP contribution >= 0.6 is 27.7 Å². The first-order valence-corrected chi connectivity index (χ1v) is 8.45. The number of carboxylic acid groups (broad SMARTS) is 1. The van der Waals surface area contributed by atoms with E-state index in [1.807, 2.05) is 6.92 Å². The fourth-order valence-corrected chi connectivity index (χ4v) is 4.18. The number of benzene rings is 1. The standard InChI is InChI=1S/C14H16BrNO4S/c1-2-3-12-16(10(7-21-12)14(19)20)13(18)9-5-4-8(15)6-11(9)17/h4-6,10,12,17H,2-3,7H2,1H3,(H,19,20). The number of aliphatic carboxylic acids is 1. The van der Waals surface area contributed by atoms with Crippen LogP contribution in [0.3, 0.4) is 0 Å². The molecule has 1 fully saturated rings. The van der Waals surface area contributed by atoms with Crippen LogP contribution in [-0.2, 0) is 4.79 Å². The summed E-state index contributed by atoms with van der Waals surface area (Å²) in [7, 11) is 0. The van der Waals surface area contributed by atoms with Crippen molar-refractivity contribution in [3.63, 3.8) is 0 Å². The second-order valence-electron chi connectivity index (χ2n) is 4.80. The van der Waals surface area contributed by atoms with Crippen LogP contribution in [-0.4, -0.2) is 44.2 Å². The summed E-state index contributed by atoms with van der Waals surface area (Å²) >= 11 is 4.69. The highest BCUT2D eigenvalue weighted by atomic mass is 79.9. The highest BCUT2D eigenvalue weighted by molar-refractivity contribution is 9.10. The predicted octanol–water partition coefficient (Wildman–Crippen LogP) is 2.92. The van der Waals surface area contributed by atoms with Gasteiger partial charge in [-0.05, 0) is 24.6 Å². The molecule has 1 aromatic carbocycles. The van der Waals surface area contributed by atoms with E-state index in [-0.39, 0.29) is 16.7 Å². The number of nitrogens with zero attached hydrogens (tertiary/aromatic N) is 1. The molecule has 21 heavy (non-hydrogen) atoms. The maximum atomic E-state index is 12.7. The average Bonchev–Trinajstić information content (AvgIpc) is 2.82. The van der Waals surface area contributed by atoms with E-state index in [4.69, 9.17) is 0 Å². The second-order valence-corrected chi connectivity index (χ2v) is 6.93. The Morgan fingerprint density at radius 3 is 2.76 bits per heavy atom. The van der Waals surface area contributed by atoms with Crippen molar-refractivity contribution in [2.45, 2.75) is 31.2 Å². The second kappa shape index (κ2) is 6.70. The Morgan fingerprint density at radius 1 is 1.48 bits per heavy atom. The maximum Gasteiger partial charge on any atom is 0.327 e. The minimum absolute atomic E-state index is 0.132. The van der Waals surface area contributed by atoms with E-state index >= 15 is 0 Å². The highest BCUT2D eigenvalue weighted by Gasteiger charge is 2.41. The highest BCUT2D eigenvalue weighted by Crippen LogP contribution is 2.35. The van der Waals surface area contributed by atoms with Crippen LogP contribution in [0, 0.1) is 0 Å². The monoisotopic (exact) mass is 373 g/mol. The van der Waals surface area contributed by atoms with Crippen molar-refractivity contribution in [3.8, 4) is 5.75 Å². The van der Waals surface area contributed by atoms with E-state index in [2.05, 4.69) is 15.9 Å². The Labute approximate surface area is 135 Å². The van der Waals surface area contributed by atoms with Gasteiger partial charge in [-0.2, -0.15) is 0 Å². The quantitative estimate of drug-likeness (QED) is 0.848. The molecule has 1 aromatic rings. The molecule has 0 saturated carbocycles. The van der Waals surface area contributed by atoms with Gasteiger partial charge in [0.1, 0.15) is 11.8 Å². The van der Waals surface area contributed by atoms with E-state index < -0.39 is 17.9 Å². The molecule has 114 valence electrons. The van der Waals surface area contributed by atoms with Crippen molar-refractivity contribution in [2.75, 3.05) is 5.75 Å². The van der Waals surface area contributed by atoms with E-state index in [1.165, 1.54) is 28.8 Å². The van der Waals surface area contributed by atoms with E-state index in [1.54, 1.807) is 6.07 Å². The number of carbonyl (C=O) groups excluding carboxylic acids is 1. The third-order valence-electron chi connectivity index (χ3n) is 3.34. The summed E-state index contributed by atoms with van der Waals surface area (Å²) < 4.78 is 0.659. The number of thioether (sulfide) groups is 1. The van der Waals surface area contributed by atoms with E-state index in [9.17, 15) is 19.8 Å². The number of phenols is 1. The van der Waals surface area contributed by atoms with Crippen LogP contribution in [0.15, 0.2) is 22.7 Å². The zero-order valence-electron chi connectivity index (χ0n) is 11.5. The van der Waals surface area contributed by atoms with Crippen molar-refractivity contribution in [1.29, 1.82) is 0 Å². The minimum atomic E-state index is -1.01. The smallest absolute Gasteiger partial charge is 0.327 e. The molecular formula is C14H16BrNO4S. The molecule has 7 heteroatoms. The summed E-state index contributed by atoms with van der Waals surface area (Å²) in [4.78, 5) is 25.4. The van der Waals surface area contributed by atoms with Crippen molar-refractivity contribution in [3.05, 3.63) is 28.2 Å². The SMILES string of the molecule is CCCC1SCC(C(=O)O)N1C(=O)c1ccc(Br)cc1O. The zero-order valence-corrected chi connectivity index (χ0v) is 13.9. The van der Waals surface area contributed by atoms with Gasteiger partial charge in [0, 0.05) is 10.2 Å². The molecule has 1 heterocycles. The largest absolute Gasteiger partial charge is 0.507 e. The summed E-state index contributed by atoms with van der Waals surface area (Å²) in [6.45, 7) is 1.99. The van der Waals surface area contributed by atoms with Gasteiger partial charge in [-0.15, -0.1) is 11.8 Å². The molecule has 0 aromatic heterocycles. The first kappa shape index (κ1) is 16.2. The summed E-state index contributed by atoms with van der Waals surface area (Å²) in [6, 6.07) is 3.75. The Balaban J connectivity index is 2.34. The first-order valence-electron chi connectivity index (χ1n) is 6.61. The van der Waals surface area contributed by atoms with Gasteiger partial charge < -0.3 is 15.1 Å². The van der Waals surface area contributed by atoms with Gasteiger partial charge in [-0.1, -0.05) is 29.3 Å². The van der Waals surface area contributed by atoms with Crippen molar-refractivity contribution in [1.82, 2.24) is 4.90 Å². The van der Waals surface area contributed by atoms with Gasteiger partial charge in [0.2, 0.25) is 0 Å². The number of aromatic hydroxyl groups is 1. The molecule has 2 rings (SSSR count). The Morgan fingerprint density at radius 2 is 2.19 bits per heavy atom. The molecule has 1 aliphatic rings. The van der Waals surface area contributed by atoms with Gasteiger partial charge >= 0.3 is 5.97 Å². The molecule has 0 spiro atoms. The number of rotatable bonds is 4. The van der Waals surface area contributed by atoms with Gasteiger partial charge in [0.25, 0.3) is 5.91 Å². The Hall–Kier alpha value is -1.21. The summed E-state index contributed by atoms with van der Waals surface area (Å²) in [5, 5.41) is 19.1. The molecule has 2 atom stereocenters. The van der Waals surface area contributed by atoms with Gasteiger partial charge in [0.05, 0.1) is 10.9 Å². The van der Waals surface area contributed by atoms with E-state index in [0.29, 0.717) is 10.2 Å². The number of hydrogen-bond acceptors (Lipinski definition) is 4. The summed E-state index contributed by atoms with van der Waals surface area (Å²) in [5.41, 5.74) is 0.132. The topological polar surface area (TPSA) is 77.8 Å². The Kier molecular flexibility index (Phi) is 5.16. The number of phenolic OH excluding ortho intramolecular Hbond substituents is 1. The number of carbonyl (C=O) groups is 2. The van der Waals surface area contributed by atoms with Crippen LogP contribution in [0.1, 0.15) is 30.1 Å². The minimum Gasteiger partial charge on any atom is -0.507 e. The fraction of sp³-hybridized carbons (Fsp3) is 0.429. The molecule has 5 nitrogen and oxygen atoms in total. The molecule has 1 aliphatic heterocycles. The lowest BCUT2D eigenvalue weighted by Crippen LogP contribution is -2.45. The van der Waals surface area contributed by atoms with Crippen LogP contribution in [0.4, 0.5) is 0 Å². The van der Waals surface area contributed by atoms with Gasteiger partial charge in [-0.25, -0.2) is 4.79 Å². The third kappa shape index (κ3) is 3.35. The van der Waals surface area contributed by atoms with Crippen LogP contribution in [0.25, 0.3) is 0 Å². The number of carboxylic acids is 1. The van der Waals surface area contributed by atoms with E-state index in [0.717, 1.165) is 12.8 Å². The zero-order chi connectivity index (χ0) is 15.6. The van der Waals surface area contributed by atoms with Crippen molar-refractivity contribution >= 4 is 39.6 Å². The predicted molar refractivity (Wildman–Crippen MR) is 84.6 cm³/mol. The molecule has 0 bridgehead atoms.